The van der Waals surface area contributed by atoms with Crippen LogP contribution in [0, 0.1) is 5.92 Å². The molecule has 1 aliphatic rings. The minimum Gasteiger partial charge on any atom is -0.369 e. The molecule has 2 atom stereocenters. The average molecular weight is 204 g/mol. The number of rotatable bonds is 2. The van der Waals surface area contributed by atoms with E-state index in [2.05, 4.69) is 17.4 Å². The third-order valence-electron chi connectivity index (χ3n) is 3.02. The van der Waals surface area contributed by atoms with Gasteiger partial charge in [0, 0.05) is 13.1 Å². The van der Waals surface area contributed by atoms with Crippen LogP contribution in [-0.4, -0.2) is 19.0 Å². The first kappa shape index (κ1) is 10.2. The summed E-state index contributed by atoms with van der Waals surface area (Å²) in [6.07, 6.45) is 0.867. The van der Waals surface area contributed by atoms with Crippen molar-refractivity contribution in [2.75, 3.05) is 13.1 Å². The van der Waals surface area contributed by atoms with E-state index < -0.39 is 0 Å². The van der Waals surface area contributed by atoms with Crippen molar-refractivity contribution in [2.45, 2.75) is 12.3 Å². The number of carbonyl (C=O) groups excluding carboxylic acids is 1. The lowest BCUT2D eigenvalue weighted by Gasteiger charge is -2.28. The number of nitrogens with one attached hydrogen (secondary N) is 1. The summed E-state index contributed by atoms with van der Waals surface area (Å²) in [5, 5.41) is 3.26. The van der Waals surface area contributed by atoms with Crippen molar-refractivity contribution in [1.82, 2.24) is 5.32 Å². The van der Waals surface area contributed by atoms with E-state index in [1.165, 1.54) is 5.56 Å². The molecular weight excluding hydrogens is 188 g/mol. The lowest BCUT2D eigenvalue weighted by molar-refractivity contribution is -0.122. The van der Waals surface area contributed by atoms with Gasteiger partial charge in [-0.25, -0.2) is 0 Å². The molecule has 15 heavy (non-hydrogen) atoms. The molecule has 1 amide bonds. The van der Waals surface area contributed by atoms with Crippen molar-refractivity contribution in [2.24, 2.45) is 11.7 Å². The molecule has 2 rings (SSSR count). The third-order valence-corrected chi connectivity index (χ3v) is 3.02. The van der Waals surface area contributed by atoms with E-state index in [0.717, 1.165) is 19.5 Å². The Morgan fingerprint density at radius 1 is 1.27 bits per heavy atom. The van der Waals surface area contributed by atoms with Crippen LogP contribution >= 0.6 is 0 Å². The SMILES string of the molecule is NC(=O)[C@@H]1CNC[C@H](c2ccccc2)C1. The number of carbonyl (C=O) groups is 1. The van der Waals surface area contributed by atoms with Crippen LogP contribution in [-0.2, 0) is 4.79 Å². The highest BCUT2D eigenvalue weighted by Gasteiger charge is 2.25. The van der Waals surface area contributed by atoms with E-state index >= 15 is 0 Å². The van der Waals surface area contributed by atoms with Gasteiger partial charge in [0.15, 0.2) is 0 Å². The van der Waals surface area contributed by atoms with Crippen molar-refractivity contribution in [3.05, 3.63) is 35.9 Å². The number of amides is 1. The molecule has 0 bridgehead atoms. The van der Waals surface area contributed by atoms with E-state index in [4.69, 9.17) is 5.73 Å². The summed E-state index contributed by atoms with van der Waals surface area (Å²) in [5.41, 5.74) is 6.62. The molecule has 80 valence electrons. The molecule has 3 nitrogen and oxygen atoms in total. The van der Waals surface area contributed by atoms with Gasteiger partial charge in [0.2, 0.25) is 5.91 Å². The van der Waals surface area contributed by atoms with Crippen molar-refractivity contribution in [3.63, 3.8) is 0 Å². The van der Waals surface area contributed by atoms with Crippen LogP contribution < -0.4 is 11.1 Å². The lowest BCUT2D eigenvalue weighted by Crippen LogP contribution is -2.41. The Hall–Kier alpha value is -1.35. The maximum Gasteiger partial charge on any atom is 0.221 e. The predicted molar refractivity (Wildman–Crippen MR) is 59.4 cm³/mol. The van der Waals surface area contributed by atoms with Gasteiger partial charge >= 0.3 is 0 Å². The van der Waals surface area contributed by atoms with Crippen LogP contribution in [0.15, 0.2) is 30.3 Å². The van der Waals surface area contributed by atoms with Crippen LogP contribution in [0.5, 0.6) is 0 Å². The summed E-state index contributed by atoms with van der Waals surface area (Å²) < 4.78 is 0. The Morgan fingerprint density at radius 3 is 2.67 bits per heavy atom. The molecular formula is C12H16N2O. The summed E-state index contributed by atoms with van der Waals surface area (Å²) in [6.45, 7) is 1.66. The Kier molecular flexibility index (Phi) is 3.02. The van der Waals surface area contributed by atoms with Gasteiger partial charge in [0.25, 0.3) is 0 Å². The van der Waals surface area contributed by atoms with Crippen LogP contribution in [0.3, 0.4) is 0 Å². The Balaban J connectivity index is 2.08. The van der Waals surface area contributed by atoms with Crippen LogP contribution in [0.1, 0.15) is 17.9 Å². The second-order valence-corrected chi connectivity index (χ2v) is 4.10. The smallest absolute Gasteiger partial charge is 0.221 e. The maximum absolute atomic E-state index is 11.1. The molecule has 1 fully saturated rings. The highest BCUT2D eigenvalue weighted by molar-refractivity contribution is 5.77. The molecule has 0 spiro atoms. The summed E-state index contributed by atoms with van der Waals surface area (Å²) in [7, 11) is 0. The average Bonchev–Trinajstić information content (AvgIpc) is 2.30. The Bertz CT molecular complexity index is 337. The van der Waals surface area contributed by atoms with E-state index in [1.807, 2.05) is 18.2 Å². The zero-order chi connectivity index (χ0) is 10.7. The molecule has 1 aromatic carbocycles. The lowest BCUT2D eigenvalue weighted by atomic mass is 9.85. The Labute approximate surface area is 89.7 Å². The summed E-state index contributed by atoms with van der Waals surface area (Å²) >= 11 is 0. The van der Waals surface area contributed by atoms with Gasteiger partial charge in [-0.2, -0.15) is 0 Å². The van der Waals surface area contributed by atoms with E-state index in [0.29, 0.717) is 5.92 Å². The van der Waals surface area contributed by atoms with Gasteiger partial charge in [-0.3, -0.25) is 4.79 Å². The fourth-order valence-electron chi connectivity index (χ4n) is 2.14. The van der Waals surface area contributed by atoms with Gasteiger partial charge in [-0.05, 0) is 17.9 Å². The third kappa shape index (κ3) is 2.36. The van der Waals surface area contributed by atoms with Gasteiger partial charge in [0.05, 0.1) is 5.92 Å². The Morgan fingerprint density at radius 2 is 2.00 bits per heavy atom. The van der Waals surface area contributed by atoms with Crippen LogP contribution in [0.2, 0.25) is 0 Å². The molecule has 1 saturated heterocycles. The molecule has 0 aromatic heterocycles. The largest absolute Gasteiger partial charge is 0.369 e. The zero-order valence-corrected chi connectivity index (χ0v) is 8.65. The maximum atomic E-state index is 11.1. The van der Waals surface area contributed by atoms with E-state index in [-0.39, 0.29) is 11.8 Å². The molecule has 1 aromatic rings. The molecule has 0 aliphatic carbocycles. The zero-order valence-electron chi connectivity index (χ0n) is 8.65. The molecule has 0 saturated carbocycles. The van der Waals surface area contributed by atoms with Crippen molar-refractivity contribution in [1.29, 1.82) is 0 Å². The molecule has 3 N–H and O–H groups in total. The first-order chi connectivity index (χ1) is 7.27. The monoisotopic (exact) mass is 204 g/mol. The predicted octanol–water partition coefficient (Wildman–Crippen LogP) is 0.865. The standard InChI is InChI=1S/C12H16N2O/c13-12(15)11-6-10(7-14-8-11)9-4-2-1-3-5-9/h1-5,10-11,14H,6-8H2,(H2,13,15)/t10-,11+/m1/s1. The van der Waals surface area contributed by atoms with Crippen molar-refractivity contribution >= 4 is 5.91 Å². The number of primary amides is 1. The molecule has 1 heterocycles. The summed E-state index contributed by atoms with van der Waals surface area (Å²) in [6, 6.07) is 10.3. The first-order valence-electron chi connectivity index (χ1n) is 5.32. The topological polar surface area (TPSA) is 55.1 Å². The van der Waals surface area contributed by atoms with Gasteiger partial charge < -0.3 is 11.1 Å². The molecule has 0 radical (unpaired) electrons. The number of nitrogens with two attached hydrogens (primary N) is 1. The fraction of sp³-hybridized carbons (Fsp3) is 0.417. The number of hydrogen-bond acceptors (Lipinski definition) is 2. The first-order valence-corrected chi connectivity index (χ1v) is 5.32. The highest BCUT2D eigenvalue weighted by Crippen LogP contribution is 2.25. The van der Waals surface area contributed by atoms with Gasteiger partial charge in [-0.1, -0.05) is 30.3 Å². The minimum absolute atomic E-state index is 0.0241. The van der Waals surface area contributed by atoms with E-state index in [9.17, 15) is 4.79 Å². The normalized spacial score (nSPS) is 26.1. The molecule has 1 aliphatic heterocycles. The van der Waals surface area contributed by atoms with E-state index in [1.54, 1.807) is 0 Å². The quantitative estimate of drug-likeness (QED) is 0.751. The van der Waals surface area contributed by atoms with Crippen molar-refractivity contribution < 1.29 is 4.79 Å². The second kappa shape index (κ2) is 4.45. The number of piperidine rings is 1. The van der Waals surface area contributed by atoms with Crippen molar-refractivity contribution in [3.8, 4) is 0 Å². The summed E-state index contributed by atoms with van der Waals surface area (Å²) in [5.74, 6) is 0.199. The second-order valence-electron chi connectivity index (χ2n) is 4.10. The van der Waals surface area contributed by atoms with Crippen LogP contribution in [0.25, 0.3) is 0 Å². The number of benzene rings is 1. The van der Waals surface area contributed by atoms with Gasteiger partial charge in [-0.15, -0.1) is 0 Å². The molecule has 0 unspecified atom stereocenters. The summed E-state index contributed by atoms with van der Waals surface area (Å²) in [4.78, 5) is 11.1. The number of hydrogen-bond donors (Lipinski definition) is 2. The van der Waals surface area contributed by atoms with Gasteiger partial charge in [0.1, 0.15) is 0 Å². The fourth-order valence-corrected chi connectivity index (χ4v) is 2.14. The van der Waals surface area contributed by atoms with Crippen LogP contribution in [0.4, 0.5) is 0 Å². The molecule has 3 heteroatoms. The highest BCUT2D eigenvalue weighted by atomic mass is 16.1. The minimum atomic E-state index is -0.192.